The molecule has 0 unspecified atom stereocenters. The van der Waals surface area contributed by atoms with Crippen LogP contribution in [-0.4, -0.2) is 13.7 Å². The summed E-state index contributed by atoms with van der Waals surface area (Å²) < 4.78 is 24.2. The van der Waals surface area contributed by atoms with E-state index in [4.69, 9.17) is 21.1 Å². The van der Waals surface area contributed by atoms with E-state index in [9.17, 15) is 4.39 Å². The number of halogens is 2. The van der Waals surface area contributed by atoms with Crippen LogP contribution < -0.4 is 14.8 Å². The average molecular weight is 406 g/mol. The van der Waals surface area contributed by atoms with Gasteiger partial charge in [0.15, 0.2) is 11.5 Å². The summed E-state index contributed by atoms with van der Waals surface area (Å²) in [6.45, 7) is 1.90. The summed E-state index contributed by atoms with van der Waals surface area (Å²) in [5.41, 5.74) is 2.11. The Kier molecular flexibility index (Phi) is 7.10. The molecule has 0 radical (unpaired) electrons. The molecule has 0 aliphatic carbocycles. The molecule has 0 bridgehead atoms. The van der Waals surface area contributed by atoms with E-state index in [1.165, 1.54) is 12.1 Å². The van der Waals surface area contributed by atoms with E-state index < -0.39 is 0 Å². The summed E-state index contributed by atoms with van der Waals surface area (Å²) in [5.74, 6) is 0.965. The lowest BCUT2D eigenvalue weighted by Gasteiger charge is -2.14. The topological polar surface area (TPSA) is 30.5 Å². The van der Waals surface area contributed by atoms with Crippen molar-refractivity contribution in [3.63, 3.8) is 0 Å². The van der Waals surface area contributed by atoms with Crippen molar-refractivity contribution in [1.82, 2.24) is 5.32 Å². The lowest BCUT2D eigenvalue weighted by atomic mass is 10.1. The second-order valence-electron chi connectivity index (χ2n) is 6.03. The lowest BCUT2D eigenvalue weighted by molar-refractivity contribution is 0.287. The Morgan fingerprint density at radius 1 is 1.11 bits per heavy atom. The minimum Gasteiger partial charge on any atom is -0.493 e. The van der Waals surface area contributed by atoms with Gasteiger partial charge in [0.05, 0.1) is 12.1 Å². The highest BCUT2D eigenvalue weighted by Crippen LogP contribution is 2.37. The van der Waals surface area contributed by atoms with E-state index >= 15 is 0 Å². The number of ether oxygens (including phenoxy) is 2. The van der Waals surface area contributed by atoms with Gasteiger partial charge in [-0.3, -0.25) is 0 Å². The first-order chi connectivity index (χ1) is 13.2. The number of thiophene rings is 1. The number of nitrogens with one attached hydrogen (secondary N) is 1. The molecule has 2 aromatic carbocycles. The Hall–Kier alpha value is -2.08. The van der Waals surface area contributed by atoms with Crippen LogP contribution in [0.15, 0.2) is 53.9 Å². The van der Waals surface area contributed by atoms with Gasteiger partial charge in [0, 0.05) is 11.4 Å². The third-order valence-corrected chi connectivity index (χ3v) is 5.19. The van der Waals surface area contributed by atoms with Gasteiger partial charge >= 0.3 is 0 Å². The fourth-order valence-electron chi connectivity index (χ4n) is 2.67. The van der Waals surface area contributed by atoms with Crippen molar-refractivity contribution in [2.75, 3.05) is 13.7 Å². The van der Waals surface area contributed by atoms with Crippen molar-refractivity contribution < 1.29 is 13.9 Å². The predicted octanol–water partition coefficient (Wildman–Crippen LogP) is 5.46. The van der Waals surface area contributed by atoms with Crippen molar-refractivity contribution >= 4 is 22.9 Å². The van der Waals surface area contributed by atoms with Gasteiger partial charge in [0.2, 0.25) is 0 Å². The zero-order valence-corrected chi connectivity index (χ0v) is 16.6. The minimum absolute atomic E-state index is 0.213. The fourth-order valence-corrected chi connectivity index (χ4v) is 3.57. The van der Waals surface area contributed by atoms with Gasteiger partial charge in [-0.15, -0.1) is 11.3 Å². The van der Waals surface area contributed by atoms with Crippen LogP contribution in [0.3, 0.4) is 0 Å². The first kappa shape index (κ1) is 19.7. The third kappa shape index (κ3) is 5.70. The molecule has 27 heavy (non-hydrogen) atoms. The second-order valence-corrected chi connectivity index (χ2v) is 7.47. The predicted molar refractivity (Wildman–Crippen MR) is 108 cm³/mol. The molecule has 0 fully saturated rings. The van der Waals surface area contributed by atoms with Gasteiger partial charge in [0.1, 0.15) is 12.4 Å². The lowest BCUT2D eigenvalue weighted by Crippen LogP contribution is -2.16. The number of methoxy groups -OCH3 is 1. The summed E-state index contributed by atoms with van der Waals surface area (Å²) >= 11 is 8.05. The van der Waals surface area contributed by atoms with E-state index in [2.05, 4.69) is 5.32 Å². The zero-order chi connectivity index (χ0) is 19.1. The number of hydrogen-bond acceptors (Lipinski definition) is 4. The van der Waals surface area contributed by atoms with Crippen LogP contribution in [-0.2, 0) is 19.6 Å². The second kappa shape index (κ2) is 9.74. The molecule has 3 rings (SSSR count). The number of rotatable bonds is 9. The molecule has 0 aliphatic rings. The van der Waals surface area contributed by atoms with E-state index in [1.807, 2.05) is 29.6 Å². The van der Waals surface area contributed by atoms with E-state index in [0.717, 1.165) is 29.0 Å². The van der Waals surface area contributed by atoms with Crippen LogP contribution in [0, 0.1) is 5.82 Å². The van der Waals surface area contributed by atoms with Gasteiger partial charge in [-0.25, -0.2) is 4.39 Å². The molecule has 0 saturated carbocycles. The van der Waals surface area contributed by atoms with Crippen molar-refractivity contribution in [1.29, 1.82) is 0 Å². The maximum Gasteiger partial charge on any atom is 0.180 e. The summed E-state index contributed by atoms with van der Waals surface area (Å²) in [4.78, 5) is 1.12. The highest BCUT2D eigenvalue weighted by molar-refractivity contribution is 7.09. The Labute approximate surface area is 167 Å². The standard InChI is InChI=1S/C21H21ClFNO2S/c1-25-20-12-16(13-24-9-8-15-4-6-17(23)7-5-15)11-19(22)21(20)26-14-18-3-2-10-27-18/h2-7,10-12,24H,8-9,13-14H2,1H3. The summed E-state index contributed by atoms with van der Waals surface area (Å²) in [6.07, 6.45) is 0.827. The van der Waals surface area contributed by atoms with Gasteiger partial charge < -0.3 is 14.8 Å². The Balaban J connectivity index is 1.55. The molecule has 1 N–H and O–H groups in total. The van der Waals surface area contributed by atoms with Crippen molar-refractivity contribution in [2.45, 2.75) is 19.6 Å². The maximum absolute atomic E-state index is 12.9. The molecule has 0 atom stereocenters. The van der Waals surface area contributed by atoms with Crippen LogP contribution in [0.1, 0.15) is 16.0 Å². The Morgan fingerprint density at radius 3 is 2.63 bits per heavy atom. The smallest absolute Gasteiger partial charge is 0.180 e. The molecule has 0 amide bonds. The van der Waals surface area contributed by atoms with Crippen LogP contribution in [0.2, 0.25) is 5.02 Å². The molecule has 1 heterocycles. The largest absolute Gasteiger partial charge is 0.493 e. The molecule has 0 saturated heterocycles. The molecule has 142 valence electrons. The average Bonchev–Trinajstić information content (AvgIpc) is 3.19. The number of hydrogen-bond donors (Lipinski definition) is 1. The SMILES string of the molecule is COc1cc(CNCCc2ccc(F)cc2)cc(Cl)c1OCc1cccs1. The van der Waals surface area contributed by atoms with Gasteiger partial charge in [-0.1, -0.05) is 29.8 Å². The van der Waals surface area contributed by atoms with Gasteiger partial charge in [0.25, 0.3) is 0 Å². The molecular weight excluding hydrogens is 385 g/mol. The molecule has 3 nitrogen and oxygen atoms in total. The van der Waals surface area contributed by atoms with E-state index in [1.54, 1.807) is 30.6 Å². The summed E-state index contributed by atoms with van der Waals surface area (Å²) in [6, 6.07) is 14.4. The molecule has 1 aromatic heterocycles. The molecule has 6 heteroatoms. The minimum atomic E-state index is -0.213. The summed E-state index contributed by atoms with van der Waals surface area (Å²) in [5, 5.41) is 5.91. The highest BCUT2D eigenvalue weighted by atomic mass is 35.5. The first-order valence-electron chi connectivity index (χ1n) is 8.62. The Morgan fingerprint density at radius 2 is 1.93 bits per heavy atom. The quantitative estimate of drug-likeness (QED) is 0.479. The summed E-state index contributed by atoms with van der Waals surface area (Å²) in [7, 11) is 1.61. The van der Waals surface area contributed by atoms with Gasteiger partial charge in [-0.05, 0) is 59.8 Å². The van der Waals surface area contributed by atoms with Gasteiger partial charge in [-0.2, -0.15) is 0 Å². The van der Waals surface area contributed by atoms with E-state index in [-0.39, 0.29) is 5.82 Å². The third-order valence-electron chi connectivity index (χ3n) is 4.06. The monoisotopic (exact) mass is 405 g/mol. The van der Waals surface area contributed by atoms with Crippen LogP contribution in [0.4, 0.5) is 4.39 Å². The Bertz CT molecular complexity index is 853. The molecular formula is C21H21ClFNO2S. The first-order valence-corrected chi connectivity index (χ1v) is 9.88. The normalized spacial score (nSPS) is 10.8. The maximum atomic E-state index is 12.9. The van der Waals surface area contributed by atoms with Crippen molar-refractivity contribution in [2.24, 2.45) is 0 Å². The van der Waals surface area contributed by atoms with Crippen molar-refractivity contribution in [3.05, 3.63) is 80.8 Å². The molecule has 0 spiro atoms. The molecule has 0 aliphatic heterocycles. The zero-order valence-electron chi connectivity index (χ0n) is 15.0. The fraction of sp³-hybridized carbons (Fsp3) is 0.238. The van der Waals surface area contributed by atoms with Crippen LogP contribution in [0.25, 0.3) is 0 Å². The van der Waals surface area contributed by atoms with Crippen molar-refractivity contribution in [3.8, 4) is 11.5 Å². The molecule has 3 aromatic rings. The van der Waals surface area contributed by atoms with Crippen LogP contribution in [0.5, 0.6) is 11.5 Å². The van der Waals surface area contributed by atoms with E-state index in [0.29, 0.717) is 29.7 Å². The number of benzene rings is 2. The van der Waals surface area contributed by atoms with Crippen LogP contribution >= 0.6 is 22.9 Å². The highest BCUT2D eigenvalue weighted by Gasteiger charge is 2.12.